The summed E-state index contributed by atoms with van der Waals surface area (Å²) in [4.78, 5) is 24.1. The summed E-state index contributed by atoms with van der Waals surface area (Å²) in [6, 6.07) is 21.8. The molecular weight excluding hydrogens is 380 g/mol. The van der Waals surface area contributed by atoms with Gasteiger partial charge in [-0.1, -0.05) is 36.4 Å². The van der Waals surface area contributed by atoms with E-state index in [9.17, 15) is 9.59 Å². The number of ether oxygens (including phenoxy) is 3. The van der Waals surface area contributed by atoms with E-state index in [1.165, 1.54) is 0 Å². The molecule has 3 aromatic rings. The molecule has 0 aliphatic carbocycles. The van der Waals surface area contributed by atoms with Crippen LogP contribution in [0.3, 0.4) is 0 Å². The number of carbonyl (C=O) groups is 2. The SMILES string of the molecule is Cc1cc(C)cc(OCC(=O)Oc2ccc(C(=O)OCCc3ccccc3)cc2)c1. The van der Waals surface area contributed by atoms with E-state index >= 15 is 0 Å². The molecule has 0 saturated carbocycles. The van der Waals surface area contributed by atoms with Crippen LogP contribution in [0.1, 0.15) is 27.0 Å². The number of hydrogen-bond donors (Lipinski definition) is 0. The van der Waals surface area contributed by atoms with Crippen LogP contribution >= 0.6 is 0 Å². The largest absolute Gasteiger partial charge is 0.482 e. The van der Waals surface area contributed by atoms with Crippen LogP contribution in [0.4, 0.5) is 0 Å². The van der Waals surface area contributed by atoms with Gasteiger partial charge in [0.2, 0.25) is 0 Å². The highest BCUT2D eigenvalue weighted by Gasteiger charge is 2.10. The number of aryl methyl sites for hydroxylation is 2. The molecule has 0 amide bonds. The summed E-state index contributed by atoms with van der Waals surface area (Å²) in [6.45, 7) is 4.03. The Morgan fingerprint density at radius 3 is 2.13 bits per heavy atom. The van der Waals surface area contributed by atoms with Crippen molar-refractivity contribution in [3.05, 3.63) is 95.1 Å². The highest BCUT2D eigenvalue weighted by Crippen LogP contribution is 2.17. The Balaban J connectivity index is 1.45. The van der Waals surface area contributed by atoms with Gasteiger partial charge < -0.3 is 14.2 Å². The third kappa shape index (κ3) is 6.48. The van der Waals surface area contributed by atoms with Crippen LogP contribution in [-0.4, -0.2) is 25.2 Å². The normalized spacial score (nSPS) is 10.3. The van der Waals surface area contributed by atoms with Crippen LogP contribution in [0.5, 0.6) is 11.5 Å². The second-order valence-corrected chi connectivity index (χ2v) is 6.98. The first-order valence-corrected chi connectivity index (χ1v) is 9.72. The van der Waals surface area contributed by atoms with Gasteiger partial charge in [0.25, 0.3) is 0 Å². The average molecular weight is 404 g/mol. The van der Waals surface area contributed by atoms with Gasteiger partial charge in [0, 0.05) is 6.42 Å². The number of carbonyl (C=O) groups excluding carboxylic acids is 2. The zero-order valence-electron chi connectivity index (χ0n) is 17.1. The fourth-order valence-electron chi connectivity index (χ4n) is 2.97. The first-order chi connectivity index (χ1) is 14.5. The van der Waals surface area contributed by atoms with Crippen LogP contribution in [0.2, 0.25) is 0 Å². The van der Waals surface area contributed by atoms with Crippen molar-refractivity contribution in [2.24, 2.45) is 0 Å². The van der Waals surface area contributed by atoms with Gasteiger partial charge in [-0.15, -0.1) is 0 Å². The summed E-state index contributed by atoms with van der Waals surface area (Å²) in [5, 5.41) is 0. The van der Waals surface area contributed by atoms with Crippen LogP contribution in [0, 0.1) is 13.8 Å². The number of rotatable bonds is 8. The minimum atomic E-state index is -0.521. The van der Waals surface area contributed by atoms with E-state index in [-0.39, 0.29) is 6.61 Å². The molecular formula is C25H24O5. The molecule has 0 N–H and O–H groups in total. The summed E-state index contributed by atoms with van der Waals surface area (Å²) in [5.74, 6) is 0.0252. The summed E-state index contributed by atoms with van der Waals surface area (Å²) in [5.41, 5.74) is 3.62. The lowest BCUT2D eigenvalue weighted by molar-refractivity contribution is -0.136. The monoisotopic (exact) mass is 404 g/mol. The Morgan fingerprint density at radius 2 is 1.47 bits per heavy atom. The van der Waals surface area contributed by atoms with Gasteiger partial charge in [0.05, 0.1) is 12.2 Å². The molecule has 0 saturated heterocycles. The first-order valence-electron chi connectivity index (χ1n) is 9.72. The molecule has 0 spiro atoms. The van der Waals surface area contributed by atoms with Gasteiger partial charge in [0.15, 0.2) is 6.61 Å². The molecule has 30 heavy (non-hydrogen) atoms. The summed E-state index contributed by atoms with van der Waals surface area (Å²) in [7, 11) is 0. The van der Waals surface area contributed by atoms with Crippen LogP contribution in [-0.2, 0) is 16.0 Å². The average Bonchev–Trinajstić information content (AvgIpc) is 2.73. The van der Waals surface area contributed by atoms with Crippen molar-refractivity contribution in [1.82, 2.24) is 0 Å². The van der Waals surface area contributed by atoms with E-state index in [1.807, 2.05) is 62.4 Å². The number of hydrogen-bond acceptors (Lipinski definition) is 5. The lowest BCUT2D eigenvalue weighted by Gasteiger charge is -2.09. The van der Waals surface area contributed by atoms with E-state index in [1.54, 1.807) is 24.3 Å². The van der Waals surface area contributed by atoms with Gasteiger partial charge in [0.1, 0.15) is 11.5 Å². The molecule has 5 nitrogen and oxygen atoms in total. The predicted octanol–water partition coefficient (Wildman–Crippen LogP) is 4.69. The van der Waals surface area contributed by atoms with E-state index in [2.05, 4.69) is 0 Å². The topological polar surface area (TPSA) is 61.8 Å². The second-order valence-electron chi connectivity index (χ2n) is 6.98. The minimum Gasteiger partial charge on any atom is -0.482 e. The molecule has 0 aliphatic rings. The van der Waals surface area contributed by atoms with Crippen molar-refractivity contribution in [3.63, 3.8) is 0 Å². The van der Waals surface area contributed by atoms with Gasteiger partial charge >= 0.3 is 11.9 Å². The Morgan fingerprint density at radius 1 is 0.800 bits per heavy atom. The van der Waals surface area contributed by atoms with Gasteiger partial charge in [-0.3, -0.25) is 0 Å². The quantitative estimate of drug-likeness (QED) is 0.403. The minimum absolute atomic E-state index is 0.202. The van der Waals surface area contributed by atoms with Gasteiger partial charge in [-0.2, -0.15) is 0 Å². The maximum atomic E-state index is 12.1. The zero-order chi connectivity index (χ0) is 21.3. The molecule has 0 aliphatic heterocycles. The van der Waals surface area contributed by atoms with Crippen LogP contribution in [0.15, 0.2) is 72.8 Å². The first kappa shape index (κ1) is 21.1. The molecule has 0 radical (unpaired) electrons. The molecule has 0 unspecified atom stereocenters. The lowest BCUT2D eigenvalue weighted by atomic mass is 10.1. The highest BCUT2D eigenvalue weighted by molar-refractivity contribution is 5.89. The van der Waals surface area contributed by atoms with Crippen LogP contribution < -0.4 is 9.47 Å². The molecule has 3 rings (SSSR count). The van der Waals surface area contributed by atoms with Crippen molar-refractivity contribution in [2.45, 2.75) is 20.3 Å². The molecule has 5 heteroatoms. The van der Waals surface area contributed by atoms with E-state index < -0.39 is 11.9 Å². The van der Waals surface area contributed by atoms with Gasteiger partial charge in [-0.25, -0.2) is 9.59 Å². The van der Waals surface area contributed by atoms with Crippen molar-refractivity contribution in [2.75, 3.05) is 13.2 Å². The smallest absolute Gasteiger partial charge is 0.349 e. The Bertz CT molecular complexity index is 974. The maximum Gasteiger partial charge on any atom is 0.349 e. The van der Waals surface area contributed by atoms with Gasteiger partial charge in [-0.05, 0) is 66.9 Å². The Labute approximate surface area is 176 Å². The second kappa shape index (κ2) is 10.3. The Kier molecular flexibility index (Phi) is 7.22. The molecule has 0 fully saturated rings. The summed E-state index contributed by atoms with van der Waals surface area (Å²) < 4.78 is 16.0. The lowest BCUT2D eigenvalue weighted by Crippen LogP contribution is -2.17. The fourth-order valence-corrected chi connectivity index (χ4v) is 2.97. The molecule has 0 atom stereocenters. The molecule has 0 bridgehead atoms. The van der Waals surface area contributed by atoms with Crippen molar-refractivity contribution in [1.29, 1.82) is 0 Å². The van der Waals surface area contributed by atoms with E-state index in [0.29, 0.717) is 30.1 Å². The third-order valence-electron chi connectivity index (χ3n) is 4.34. The predicted molar refractivity (Wildman–Crippen MR) is 114 cm³/mol. The fraction of sp³-hybridized carbons (Fsp3) is 0.200. The molecule has 0 aromatic heterocycles. The molecule has 0 heterocycles. The Hall–Kier alpha value is -3.60. The zero-order valence-corrected chi connectivity index (χ0v) is 17.1. The van der Waals surface area contributed by atoms with Crippen molar-refractivity contribution < 1.29 is 23.8 Å². The van der Waals surface area contributed by atoms with Crippen molar-refractivity contribution in [3.8, 4) is 11.5 Å². The van der Waals surface area contributed by atoms with E-state index in [4.69, 9.17) is 14.2 Å². The standard InChI is InChI=1S/C25H24O5/c1-18-14-19(2)16-23(15-18)29-17-24(26)30-22-10-8-21(9-11-22)25(27)28-13-12-20-6-4-3-5-7-20/h3-11,14-16H,12-13,17H2,1-2H3. The molecule has 3 aromatic carbocycles. The third-order valence-corrected chi connectivity index (χ3v) is 4.34. The number of benzene rings is 3. The number of esters is 2. The summed E-state index contributed by atoms with van der Waals surface area (Å²) >= 11 is 0. The highest BCUT2D eigenvalue weighted by atomic mass is 16.6. The molecule has 154 valence electrons. The van der Waals surface area contributed by atoms with E-state index in [0.717, 1.165) is 16.7 Å². The van der Waals surface area contributed by atoms with Crippen molar-refractivity contribution >= 4 is 11.9 Å². The summed E-state index contributed by atoms with van der Waals surface area (Å²) in [6.07, 6.45) is 0.655. The maximum absolute atomic E-state index is 12.1. The van der Waals surface area contributed by atoms with Crippen LogP contribution in [0.25, 0.3) is 0 Å².